The number of nitrogens with zero attached hydrogens (tertiary/aromatic N) is 5. The molecule has 0 saturated carbocycles. The zero-order valence-corrected chi connectivity index (χ0v) is 16.4. The van der Waals surface area contributed by atoms with Crippen molar-refractivity contribution in [3.05, 3.63) is 57.2 Å². The Morgan fingerprint density at radius 2 is 2.07 bits per heavy atom. The zero-order valence-electron chi connectivity index (χ0n) is 16.4. The minimum absolute atomic E-state index is 0.0747. The lowest BCUT2D eigenvalue weighted by Gasteiger charge is -2.34. The number of hydrogen-bond donors (Lipinski definition) is 1. The van der Waals surface area contributed by atoms with Crippen molar-refractivity contribution >= 4 is 11.6 Å². The number of aromatic nitrogens is 5. The minimum Gasteiger partial charge on any atom is -0.329 e. The van der Waals surface area contributed by atoms with E-state index in [1.165, 1.54) is 10.7 Å². The van der Waals surface area contributed by atoms with E-state index in [-0.39, 0.29) is 17.5 Å². The molecule has 8 nitrogen and oxygen atoms in total. The van der Waals surface area contributed by atoms with Crippen LogP contribution >= 0.6 is 0 Å². The maximum Gasteiger partial charge on any atom is 0.276 e. The number of hydrogen-bond acceptors (Lipinski definition) is 5. The maximum absolute atomic E-state index is 13.1. The Labute approximate surface area is 162 Å². The number of carbonyl (C=O) groups excluding carboxylic acids is 1. The fraction of sp³-hybridized carbons (Fsp3) is 0.450. The summed E-state index contributed by atoms with van der Waals surface area (Å²) in [7, 11) is 0. The van der Waals surface area contributed by atoms with E-state index in [1.807, 2.05) is 31.7 Å². The van der Waals surface area contributed by atoms with Crippen LogP contribution in [0, 0.1) is 13.8 Å². The van der Waals surface area contributed by atoms with Crippen LogP contribution in [-0.2, 0) is 6.42 Å². The van der Waals surface area contributed by atoms with E-state index in [9.17, 15) is 9.59 Å². The SMILES string of the molecule is CCc1c(C)nc2cc([C@@H]3CCCCN3C(=O)c3cnc(C)cn3)[nH]n2c1=O. The average Bonchev–Trinajstić information content (AvgIpc) is 3.12. The number of piperidine rings is 1. The van der Waals surface area contributed by atoms with E-state index in [0.717, 1.165) is 36.3 Å². The summed E-state index contributed by atoms with van der Waals surface area (Å²) in [6.45, 7) is 6.30. The van der Waals surface area contributed by atoms with Crippen LogP contribution in [0.5, 0.6) is 0 Å². The molecule has 0 spiro atoms. The number of nitrogens with one attached hydrogen (secondary N) is 1. The summed E-state index contributed by atoms with van der Waals surface area (Å²) in [6, 6.07) is 1.74. The molecule has 28 heavy (non-hydrogen) atoms. The summed E-state index contributed by atoms with van der Waals surface area (Å²) in [5.41, 5.74) is 3.91. The Bertz CT molecular complexity index is 1080. The van der Waals surface area contributed by atoms with E-state index in [1.54, 1.807) is 6.20 Å². The Morgan fingerprint density at radius 3 is 2.79 bits per heavy atom. The molecule has 0 bridgehead atoms. The van der Waals surface area contributed by atoms with E-state index in [2.05, 4.69) is 20.1 Å². The molecule has 3 aromatic rings. The van der Waals surface area contributed by atoms with Gasteiger partial charge in [-0.05, 0) is 39.5 Å². The van der Waals surface area contributed by atoms with Gasteiger partial charge in [0.1, 0.15) is 5.69 Å². The topological polar surface area (TPSA) is 96.2 Å². The molecule has 4 rings (SSSR count). The van der Waals surface area contributed by atoms with Gasteiger partial charge in [-0.3, -0.25) is 19.7 Å². The fourth-order valence-corrected chi connectivity index (χ4v) is 3.91. The monoisotopic (exact) mass is 380 g/mol. The van der Waals surface area contributed by atoms with Crippen molar-refractivity contribution in [3.63, 3.8) is 0 Å². The largest absolute Gasteiger partial charge is 0.329 e. The Hall–Kier alpha value is -3.03. The molecule has 0 aliphatic carbocycles. The van der Waals surface area contributed by atoms with Crippen LogP contribution in [0.1, 0.15) is 65.4 Å². The van der Waals surface area contributed by atoms with Gasteiger partial charge in [0.25, 0.3) is 11.5 Å². The molecule has 0 aromatic carbocycles. The van der Waals surface area contributed by atoms with Crippen LogP contribution in [0.4, 0.5) is 0 Å². The van der Waals surface area contributed by atoms with Crippen LogP contribution in [0.2, 0.25) is 0 Å². The highest BCUT2D eigenvalue weighted by Crippen LogP contribution is 2.31. The highest BCUT2D eigenvalue weighted by Gasteiger charge is 2.31. The molecule has 1 saturated heterocycles. The highest BCUT2D eigenvalue weighted by molar-refractivity contribution is 5.92. The third kappa shape index (κ3) is 3.08. The van der Waals surface area contributed by atoms with Gasteiger partial charge < -0.3 is 4.90 Å². The highest BCUT2D eigenvalue weighted by atomic mass is 16.2. The zero-order chi connectivity index (χ0) is 19.8. The van der Waals surface area contributed by atoms with Crippen molar-refractivity contribution < 1.29 is 4.79 Å². The smallest absolute Gasteiger partial charge is 0.276 e. The lowest BCUT2D eigenvalue weighted by molar-refractivity contribution is 0.0599. The van der Waals surface area contributed by atoms with Crippen molar-refractivity contribution in [2.75, 3.05) is 6.54 Å². The van der Waals surface area contributed by atoms with Gasteiger partial charge in [0.05, 0.1) is 23.6 Å². The number of H-pyrrole nitrogens is 1. The first-order valence-electron chi connectivity index (χ1n) is 9.70. The predicted molar refractivity (Wildman–Crippen MR) is 104 cm³/mol. The number of fused-ring (bicyclic) bond motifs is 1. The average molecular weight is 380 g/mol. The van der Waals surface area contributed by atoms with Crippen LogP contribution < -0.4 is 5.56 Å². The molecule has 1 fully saturated rings. The second-order valence-corrected chi connectivity index (χ2v) is 7.29. The Balaban J connectivity index is 1.73. The van der Waals surface area contributed by atoms with Crippen LogP contribution in [0.3, 0.4) is 0 Å². The molecule has 1 aliphatic rings. The van der Waals surface area contributed by atoms with Crippen LogP contribution in [0.25, 0.3) is 5.65 Å². The van der Waals surface area contributed by atoms with E-state index >= 15 is 0 Å². The molecular weight excluding hydrogens is 356 g/mol. The summed E-state index contributed by atoms with van der Waals surface area (Å²) in [5, 5.41) is 3.19. The summed E-state index contributed by atoms with van der Waals surface area (Å²) in [4.78, 5) is 40.6. The molecule has 3 aromatic heterocycles. The third-order valence-corrected chi connectivity index (χ3v) is 5.41. The molecular formula is C20H24N6O2. The molecule has 0 unspecified atom stereocenters. The summed E-state index contributed by atoms with van der Waals surface area (Å²) < 4.78 is 1.49. The number of amides is 1. The van der Waals surface area contributed by atoms with Crippen molar-refractivity contribution in [2.24, 2.45) is 0 Å². The van der Waals surface area contributed by atoms with Gasteiger partial charge in [-0.2, -0.15) is 0 Å². The van der Waals surface area contributed by atoms with Gasteiger partial charge in [0.15, 0.2) is 5.65 Å². The standard InChI is InChI=1S/C20H24N6O2/c1-4-14-13(3)23-18-9-15(24-26(18)19(14)27)17-7-5-6-8-25(17)20(28)16-11-21-12(2)10-22-16/h9-11,17,24H,4-8H2,1-3H3/t17-/m0/s1. The van der Waals surface area contributed by atoms with Gasteiger partial charge in [0.2, 0.25) is 0 Å². The van der Waals surface area contributed by atoms with Gasteiger partial charge in [-0.15, -0.1) is 0 Å². The van der Waals surface area contributed by atoms with E-state index in [0.29, 0.717) is 29.9 Å². The fourth-order valence-electron chi connectivity index (χ4n) is 3.91. The van der Waals surface area contributed by atoms with E-state index < -0.39 is 0 Å². The lowest BCUT2D eigenvalue weighted by atomic mass is 9.99. The number of carbonyl (C=O) groups is 1. The van der Waals surface area contributed by atoms with Crippen molar-refractivity contribution in [1.82, 2.24) is 29.5 Å². The molecule has 146 valence electrons. The lowest BCUT2D eigenvalue weighted by Crippen LogP contribution is -2.39. The molecule has 1 aliphatic heterocycles. The number of likely N-dealkylation sites (tertiary alicyclic amines) is 1. The second kappa shape index (κ2) is 7.18. The maximum atomic E-state index is 13.1. The van der Waals surface area contributed by atoms with Crippen LogP contribution in [0.15, 0.2) is 23.3 Å². The Morgan fingerprint density at radius 1 is 1.25 bits per heavy atom. The van der Waals surface area contributed by atoms with Crippen LogP contribution in [-0.4, -0.2) is 41.9 Å². The summed E-state index contributed by atoms with van der Waals surface area (Å²) >= 11 is 0. The van der Waals surface area contributed by atoms with Gasteiger partial charge >= 0.3 is 0 Å². The molecule has 1 N–H and O–H groups in total. The molecule has 8 heteroatoms. The quantitative estimate of drug-likeness (QED) is 0.752. The van der Waals surface area contributed by atoms with Gasteiger partial charge in [-0.1, -0.05) is 6.92 Å². The first kappa shape index (κ1) is 18.3. The molecule has 0 radical (unpaired) electrons. The number of aromatic amines is 1. The summed E-state index contributed by atoms with van der Waals surface area (Å²) in [5.74, 6) is -0.137. The van der Waals surface area contributed by atoms with Crippen molar-refractivity contribution in [2.45, 2.75) is 52.5 Å². The second-order valence-electron chi connectivity index (χ2n) is 7.29. The molecule has 4 heterocycles. The number of rotatable bonds is 3. The summed E-state index contributed by atoms with van der Waals surface area (Å²) in [6.07, 6.45) is 6.55. The predicted octanol–water partition coefficient (Wildman–Crippen LogP) is 2.36. The first-order valence-corrected chi connectivity index (χ1v) is 9.70. The third-order valence-electron chi connectivity index (χ3n) is 5.41. The van der Waals surface area contributed by atoms with Crippen molar-refractivity contribution in [3.8, 4) is 0 Å². The van der Waals surface area contributed by atoms with Gasteiger partial charge in [-0.25, -0.2) is 14.5 Å². The van der Waals surface area contributed by atoms with Crippen molar-refractivity contribution in [1.29, 1.82) is 0 Å². The first-order chi connectivity index (χ1) is 13.5. The van der Waals surface area contributed by atoms with E-state index in [4.69, 9.17) is 0 Å². The molecule has 1 amide bonds. The number of aryl methyl sites for hydroxylation is 2. The Kier molecular flexibility index (Phi) is 4.70. The molecule has 1 atom stereocenters. The van der Waals surface area contributed by atoms with Gasteiger partial charge in [0, 0.05) is 30.1 Å². The normalized spacial score (nSPS) is 17.2. The minimum atomic E-state index is -0.143.